The first-order valence-electron chi connectivity index (χ1n) is 7.64. The molecule has 0 saturated heterocycles. The minimum absolute atomic E-state index is 0.0766. The zero-order chi connectivity index (χ0) is 15.9. The first-order chi connectivity index (χ1) is 10.6. The summed E-state index contributed by atoms with van der Waals surface area (Å²) in [7, 11) is 0. The van der Waals surface area contributed by atoms with E-state index in [1.54, 1.807) is 11.8 Å². The molecule has 1 N–H and O–H groups in total. The minimum atomic E-state index is 0.0766. The fourth-order valence-electron chi connectivity index (χ4n) is 2.22. The Bertz CT molecular complexity index is 620. The Hall–Kier alpha value is -1.74. The number of carbonyl (C=O) groups is 1. The quantitative estimate of drug-likeness (QED) is 0.739. The lowest BCUT2D eigenvalue weighted by Crippen LogP contribution is -2.13. The van der Waals surface area contributed by atoms with Gasteiger partial charge < -0.3 is 5.32 Å². The van der Waals surface area contributed by atoms with Crippen LogP contribution in [-0.4, -0.2) is 11.7 Å². The number of anilines is 1. The topological polar surface area (TPSA) is 29.1 Å². The molecule has 0 saturated carbocycles. The summed E-state index contributed by atoms with van der Waals surface area (Å²) in [6.07, 6.45) is 0.519. The van der Waals surface area contributed by atoms with Gasteiger partial charge in [0.15, 0.2) is 0 Å². The molecular formula is C19H23NOS. The maximum atomic E-state index is 12.1. The van der Waals surface area contributed by atoms with E-state index >= 15 is 0 Å². The van der Waals surface area contributed by atoms with Gasteiger partial charge in [-0.1, -0.05) is 49.7 Å². The Morgan fingerprint density at radius 2 is 1.77 bits per heavy atom. The first kappa shape index (κ1) is 16.6. The maximum absolute atomic E-state index is 12.1. The standard InChI is InChI=1S/C19H23NOS/c1-14(2)17-6-4-5-7-18(17)20-19(21)12-13-22-16-10-8-15(3)9-11-16/h4-11,14H,12-13H2,1-3H3,(H,20,21). The van der Waals surface area contributed by atoms with Crippen LogP contribution in [0.5, 0.6) is 0 Å². The van der Waals surface area contributed by atoms with E-state index in [0.29, 0.717) is 12.3 Å². The Kier molecular flexibility index (Phi) is 6.08. The van der Waals surface area contributed by atoms with E-state index in [1.807, 2.05) is 18.2 Å². The summed E-state index contributed by atoms with van der Waals surface area (Å²) in [6, 6.07) is 16.4. The van der Waals surface area contributed by atoms with Crippen molar-refractivity contribution in [3.8, 4) is 0 Å². The molecule has 0 heterocycles. The van der Waals surface area contributed by atoms with Crippen molar-refractivity contribution in [1.82, 2.24) is 0 Å². The van der Waals surface area contributed by atoms with Crippen LogP contribution >= 0.6 is 11.8 Å². The molecule has 0 aromatic heterocycles. The largest absolute Gasteiger partial charge is 0.326 e. The van der Waals surface area contributed by atoms with E-state index in [9.17, 15) is 4.79 Å². The third-order valence-electron chi connectivity index (χ3n) is 3.48. The van der Waals surface area contributed by atoms with Gasteiger partial charge in [0.2, 0.25) is 5.91 Å². The van der Waals surface area contributed by atoms with E-state index in [0.717, 1.165) is 11.4 Å². The lowest BCUT2D eigenvalue weighted by atomic mass is 10.0. The van der Waals surface area contributed by atoms with Gasteiger partial charge in [0, 0.05) is 22.8 Å². The second-order valence-electron chi connectivity index (χ2n) is 5.70. The number of para-hydroxylation sites is 1. The van der Waals surface area contributed by atoms with E-state index < -0.39 is 0 Å². The molecule has 0 bridgehead atoms. The number of rotatable bonds is 6. The van der Waals surface area contributed by atoms with Crippen LogP contribution in [0.1, 0.15) is 37.3 Å². The average Bonchev–Trinajstić information content (AvgIpc) is 2.49. The van der Waals surface area contributed by atoms with E-state index in [4.69, 9.17) is 0 Å². The zero-order valence-electron chi connectivity index (χ0n) is 13.4. The molecule has 0 aliphatic carbocycles. The Morgan fingerprint density at radius 3 is 2.45 bits per heavy atom. The number of benzene rings is 2. The number of amides is 1. The van der Waals surface area contributed by atoms with Crippen LogP contribution in [-0.2, 0) is 4.79 Å². The number of carbonyl (C=O) groups excluding carboxylic acids is 1. The van der Waals surface area contributed by atoms with E-state index in [-0.39, 0.29) is 5.91 Å². The van der Waals surface area contributed by atoms with Crippen LogP contribution in [0.15, 0.2) is 53.4 Å². The van der Waals surface area contributed by atoms with Gasteiger partial charge in [-0.05, 0) is 36.6 Å². The summed E-state index contributed by atoms with van der Waals surface area (Å²) in [6.45, 7) is 6.35. The van der Waals surface area contributed by atoms with Gasteiger partial charge in [-0.2, -0.15) is 0 Å². The monoisotopic (exact) mass is 313 g/mol. The van der Waals surface area contributed by atoms with Crippen LogP contribution in [0.3, 0.4) is 0 Å². The van der Waals surface area contributed by atoms with Gasteiger partial charge in [0.05, 0.1) is 0 Å². The molecule has 0 atom stereocenters. The molecule has 1 amide bonds. The number of thioether (sulfide) groups is 1. The van der Waals surface area contributed by atoms with Crippen LogP contribution < -0.4 is 5.32 Å². The van der Waals surface area contributed by atoms with Crippen molar-refractivity contribution in [2.75, 3.05) is 11.1 Å². The predicted molar refractivity (Wildman–Crippen MR) is 95.7 cm³/mol. The molecule has 116 valence electrons. The summed E-state index contributed by atoms with van der Waals surface area (Å²) in [5.74, 6) is 1.27. The summed E-state index contributed by atoms with van der Waals surface area (Å²) in [5.41, 5.74) is 3.37. The van der Waals surface area contributed by atoms with Gasteiger partial charge in [0.25, 0.3) is 0 Å². The molecule has 0 aliphatic rings. The third kappa shape index (κ3) is 4.92. The molecule has 0 fully saturated rings. The number of nitrogens with one attached hydrogen (secondary N) is 1. The van der Waals surface area contributed by atoms with Gasteiger partial charge in [-0.15, -0.1) is 11.8 Å². The molecule has 0 spiro atoms. The van der Waals surface area contributed by atoms with Crippen molar-refractivity contribution in [2.45, 2.75) is 38.0 Å². The van der Waals surface area contributed by atoms with Crippen molar-refractivity contribution in [1.29, 1.82) is 0 Å². The molecular weight excluding hydrogens is 290 g/mol. The van der Waals surface area contributed by atoms with Crippen molar-refractivity contribution < 1.29 is 4.79 Å². The molecule has 2 aromatic rings. The molecule has 2 aromatic carbocycles. The highest BCUT2D eigenvalue weighted by Crippen LogP contribution is 2.24. The summed E-state index contributed by atoms with van der Waals surface area (Å²) >= 11 is 1.72. The Balaban J connectivity index is 1.84. The number of aryl methyl sites for hydroxylation is 1. The fraction of sp³-hybridized carbons (Fsp3) is 0.316. The second kappa shape index (κ2) is 8.04. The van der Waals surface area contributed by atoms with Crippen LogP contribution in [0.4, 0.5) is 5.69 Å². The smallest absolute Gasteiger partial charge is 0.225 e. The molecule has 0 radical (unpaired) electrons. The van der Waals surface area contributed by atoms with Crippen molar-refractivity contribution >= 4 is 23.4 Å². The maximum Gasteiger partial charge on any atom is 0.225 e. The number of hydrogen-bond donors (Lipinski definition) is 1. The fourth-order valence-corrected chi connectivity index (χ4v) is 3.07. The molecule has 2 nitrogen and oxygen atoms in total. The second-order valence-corrected chi connectivity index (χ2v) is 6.87. The zero-order valence-corrected chi connectivity index (χ0v) is 14.2. The van der Waals surface area contributed by atoms with Gasteiger partial charge in [-0.3, -0.25) is 4.79 Å². The van der Waals surface area contributed by atoms with Crippen molar-refractivity contribution in [3.63, 3.8) is 0 Å². The Morgan fingerprint density at radius 1 is 1.09 bits per heavy atom. The summed E-state index contributed by atoms with van der Waals surface area (Å²) in [5, 5.41) is 3.03. The van der Waals surface area contributed by atoms with E-state index in [1.165, 1.54) is 16.0 Å². The molecule has 0 aliphatic heterocycles. The van der Waals surface area contributed by atoms with Crippen molar-refractivity contribution in [2.24, 2.45) is 0 Å². The molecule has 2 rings (SSSR count). The molecule has 22 heavy (non-hydrogen) atoms. The van der Waals surface area contributed by atoms with E-state index in [2.05, 4.69) is 56.4 Å². The minimum Gasteiger partial charge on any atom is -0.326 e. The lowest BCUT2D eigenvalue weighted by Gasteiger charge is -2.13. The SMILES string of the molecule is Cc1ccc(SCCC(=O)Nc2ccccc2C(C)C)cc1. The highest BCUT2D eigenvalue weighted by molar-refractivity contribution is 7.99. The lowest BCUT2D eigenvalue weighted by molar-refractivity contribution is -0.115. The highest BCUT2D eigenvalue weighted by Gasteiger charge is 2.09. The Labute approximate surface area is 137 Å². The van der Waals surface area contributed by atoms with Gasteiger partial charge in [0.1, 0.15) is 0 Å². The third-order valence-corrected chi connectivity index (χ3v) is 4.49. The summed E-state index contributed by atoms with van der Waals surface area (Å²) < 4.78 is 0. The summed E-state index contributed by atoms with van der Waals surface area (Å²) in [4.78, 5) is 13.3. The highest BCUT2D eigenvalue weighted by atomic mass is 32.2. The van der Waals surface area contributed by atoms with Crippen LogP contribution in [0.2, 0.25) is 0 Å². The van der Waals surface area contributed by atoms with Crippen LogP contribution in [0.25, 0.3) is 0 Å². The predicted octanol–water partition coefficient (Wildman–Crippen LogP) is 5.24. The molecule has 3 heteroatoms. The van der Waals surface area contributed by atoms with Crippen molar-refractivity contribution in [3.05, 3.63) is 59.7 Å². The first-order valence-corrected chi connectivity index (χ1v) is 8.63. The normalized spacial score (nSPS) is 10.7. The van der Waals surface area contributed by atoms with Gasteiger partial charge >= 0.3 is 0 Å². The average molecular weight is 313 g/mol. The van der Waals surface area contributed by atoms with Gasteiger partial charge in [-0.25, -0.2) is 0 Å². The number of hydrogen-bond acceptors (Lipinski definition) is 2. The van der Waals surface area contributed by atoms with Crippen LogP contribution in [0, 0.1) is 6.92 Å². The molecule has 0 unspecified atom stereocenters.